The summed E-state index contributed by atoms with van der Waals surface area (Å²) >= 11 is 0. The Morgan fingerprint density at radius 2 is 0.865 bits per heavy atom. The third kappa shape index (κ3) is 54.0. The van der Waals surface area contributed by atoms with Gasteiger partial charge in [-0.25, -0.2) is 0 Å². The van der Waals surface area contributed by atoms with Crippen LogP contribution < -0.4 is 10.2 Å². The Balaban J connectivity index is 5.22. The van der Waals surface area contributed by atoms with Crippen molar-refractivity contribution >= 4 is 19.7 Å². The SMILES string of the molecule is CC/C=C/C/C=C/CCCCCCCCCC(=O)OC(/C=C\CCCCCCCCCCC)C(COP(=O)([O-])OCC[N+](C)(C)C)NC(=O)CCCCCCCCC/C=C\C/C=C\C/C=C\C/C=C\CCCCC. The Hall–Kier alpha value is -2.81. The highest BCUT2D eigenvalue weighted by molar-refractivity contribution is 7.45. The molecule has 0 aromatic rings. The molecule has 0 spiro atoms. The van der Waals surface area contributed by atoms with Crippen LogP contribution in [0, 0.1) is 0 Å². The zero-order chi connectivity index (χ0) is 54.3. The lowest BCUT2D eigenvalue weighted by atomic mass is 10.1. The molecular formula is C64H115N2O7P. The Bertz CT molecular complexity index is 1540. The van der Waals surface area contributed by atoms with Gasteiger partial charge in [-0.1, -0.05) is 228 Å². The number of quaternary nitrogens is 1. The molecule has 0 aliphatic rings. The zero-order valence-electron chi connectivity index (χ0n) is 48.8. The van der Waals surface area contributed by atoms with Gasteiger partial charge in [0, 0.05) is 12.8 Å². The molecule has 0 aliphatic carbocycles. The van der Waals surface area contributed by atoms with E-state index in [1.54, 1.807) is 0 Å². The number of nitrogens with zero attached hydrogens (tertiary/aromatic N) is 1. The van der Waals surface area contributed by atoms with E-state index in [4.69, 9.17) is 13.8 Å². The number of allylic oxidation sites excluding steroid dienone is 13. The molecule has 1 amide bonds. The van der Waals surface area contributed by atoms with Crippen molar-refractivity contribution in [1.29, 1.82) is 0 Å². The number of rotatable bonds is 54. The number of amides is 1. The molecule has 3 atom stereocenters. The number of hydrogen-bond donors (Lipinski definition) is 1. The number of carbonyl (C=O) groups excluding carboxylic acids is 2. The van der Waals surface area contributed by atoms with E-state index in [9.17, 15) is 19.0 Å². The van der Waals surface area contributed by atoms with Gasteiger partial charge in [0.25, 0.3) is 7.82 Å². The smallest absolute Gasteiger partial charge is 0.306 e. The lowest BCUT2D eigenvalue weighted by Crippen LogP contribution is -2.47. The van der Waals surface area contributed by atoms with Crippen molar-refractivity contribution in [2.75, 3.05) is 40.9 Å². The van der Waals surface area contributed by atoms with E-state index in [1.165, 1.54) is 109 Å². The fourth-order valence-electron chi connectivity index (χ4n) is 8.37. The van der Waals surface area contributed by atoms with E-state index < -0.39 is 26.6 Å². The number of carbonyl (C=O) groups is 2. The minimum absolute atomic E-state index is 0.0295. The first-order chi connectivity index (χ1) is 35.9. The predicted octanol–water partition coefficient (Wildman–Crippen LogP) is 18.0. The number of nitrogens with one attached hydrogen (secondary N) is 1. The van der Waals surface area contributed by atoms with Gasteiger partial charge in [0.05, 0.1) is 33.8 Å². The van der Waals surface area contributed by atoms with Crippen LogP contribution in [-0.4, -0.2) is 69.4 Å². The first-order valence-corrected chi connectivity index (χ1v) is 31.9. The van der Waals surface area contributed by atoms with Crippen LogP contribution in [0.2, 0.25) is 0 Å². The molecule has 0 saturated heterocycles. The molecule has 428 valence electrons. The molecule has 0 saturated carbocycles. The highest BCUT2D eigenvalue weighted by Gasteiger charge is 2.27. The number of phosphoric ester groups is 1. The van der Waals surface area contributed by atoms with Gasteiger partial charge < -0.3 is 28.5 Å². The molecule has 74 heavy (non-hydrogen) atoms. The summed E-state index contributed by atoms with van der Waals surface area (Å²) in [7, 11) is 1.16. The molecule has 10 heteroatoms. The molecule has 0 bridgehead atoms. The van der Waals surface area contributed by atoms with Crippen LogP contribution in [0.25, 0.3) is 0 Å². The second-order valence-electron chi connectivity index (χ2n) is 21.5. The molecule has 0 aromatic heterocycles. The monoisotopic (exact) mass is 1050 g/mol. The summed E-state index contributed by atoms with van der Waals surface area (Å²) in [6.07, 6.45) is 69.8. The predicted molar refractivity (Wildman–Crippen MR) is 316 cm³/mol. The number of hydrogen-bond acceptors (Lipinski definition) is 7. The Labute approximate surface area is 456 Å². The first kappa shape index (κ1) is 71.2. The largest absolute Gasteiger partial charge is 0.756 e. The van der Waals surface area contributed by atoms with Crippen LogP contribution in [0.1, 0.15) is 258 Å². The van der Waals surface area contributed by atoms with Gasteiger partial charge in [-0.15, -0.1) is 0 Å². The van der Waals surface area contributed by atoms with Crippen molar-refractivity contribution in [3.05, 3.63) is 85.1 Å². The third-order valence-corrected chi connectivity index (χ3v) is 14.0. The average molecular weight is 1060 g/mol. The van der Waals surface area contributed by atoms with E-state index in [0.717, 1.165) is 116 Å². The number of esters is 1. The Morgan fingerprint density at radius 1 is 0.486 bits per heavy atom. The number of likely N-dealkylation sites (N-methyl/N-ethyl adjacent to an activating group) is 1. The van der Waals surface area contributed by atoms with E-state index in [0.29, 0.717) is 17.4 Å². The summed E-state index contributed by atoms with van der Waals surface area (Å²) in [5.74, 6) is -0.566. The van der Waals surface area contributed by atoms with Gasteiger partial charge in [0.2, 0.25) is 5.91 Å². The van der Waals surface area contributed by atoms with Crippen molar-refractivity contribution in [2.24, 2.45) is 0 Å². The summed E-state index contributed by atoms with van der Waals surface area (Å²) in [5, 5.41) is 3.02. The van der Waals surface area contributed by atoms with Crippen LogP contribution in [0.5, 0.6) is 0 Å². The summed E-state index contributed by atoms with van der Waals surface area (Å²) in [5.41, 5.74) is 0. The summed E-state index contributed by atoms with van der Waals surface area (Å²) in [6.45, 7) is 6.68. The van der Waals surface area contributed by atoms with Gasteiger partial charge >= 0.3 is 5.97 Å². The van der Waals surface area contributed by atoms with Gasteiger partial charge in [0.1, 0.15) is 19.3 Å². The minimum atomic E-state index is -4.70. The normalized spacial score (nSPS) is 14.3. The number of unbranched alkanes of at least 4 members (excludes halogenated alkanes) is 26. The van der Waals surface area contributed by atoms with Crippen molar-refractivity contribution < 1.29 is 37.3 Å². The summed E-state index contributed by atoms with van der Waals surface area (Å²) < 4.78 is 30.2. The van der Waals surface area contributed by atoms with E-state index in [1.807, 2.05) is 33.3 Å². The van der Waals surface area contributed by atoms with Gasteiger partial charge in [-0.3, -0.25) is 14.2 Å². The molecule has 1 N–H and O–H groups in total. The molecular weight excluding hydrogens is 940 g/mol. The van der Waals surface area contributed by atoms with Crippen LogP contribution in [-0.2, 0) is 27.9 Å². The molecule has 0 fully saturated rings. The van der Waals surface area contributed by atoms with Crippen molar-refractivity contribution in [3.63, 3.8) is 0 Å². The summed E-state index contributed by atoms with van der Waals surface area (Å²) in [6, 6.07) is -0.901. The quantitative estimate of drug-likeness (QED) is 0.0212. The van der Waals surface area contributed by atoms with E-state index in [2.05, 4.69) is 99.0 Å². The Morgan fingerprint density at radius 3 is 1.32 bits per heavy atom. The number of phosphoric acid groups is 1. The minimum Gasteiger partial charge on any atom is -0.756 e. The molecule has 0 rings (SSSR count). The maximum atomic E-state index is 13.5. The van der Waals surface area contributed by atoms with E-state index >= 15 is 0 Å². The highest BCUT2D eigenvalue weighted by atomic mass is 31.2. The topological polar surface area (TPSA) is 114 Å². The molecule has 9 nitrogen and oxygen atoms in total. The lowest BCUT2D eigenvalue weighted by Gasteiger charge is -2.30. The van der Waals surface area contributed by atoms with Crippen molar-refractivity contribution in [3.8, 4) is 0 Å². The average Bonchev–Trinajstić information content (AvgIpc) is 3.36. The summed E-state index contributed by atoms with van der Waals surface area (Å²) in [4.78, 5) is 39.9. The van der Waals surface area contributed by atoms with Crippen molar-refractivity contribution in [1.82, 2.24) is 5.32 Å². The molecule has 0 heterocycles. The van der Waals surface area contributed by atoms with Crippen molar-refractivity contribution in [2.45, 2.75) is 270 Å². The molecule has 0 aromatic carbocycles. The van der Waals surface area contributed by atoms with E-state index in [-0.39, 0.29) is 24.9 Å². The third-order valence-electron chi connectivity index (χ3n) is 13.1. The van der Waals surface area contributed by atoms with Gasteiger partial charge in [0.15, 0.2) is 0 Å². The fraction of sp³-hybridized carbons (Fsp3) is 0.750. The maximum absolute atomic E-state index is 13.5. The van der Waals surface area contributed by atoms with Gasteiger partial charge in [-0.2, -0.15) is 0 Å². The number of ether oxygens (including phenoxy) is 1. The Kier molecular flexibility index (Phi) is 51.5. The second kappa shape index (κ2) is 53.6. The van der Waals surface area contributed by atoms with Crippen LogP contribution in [0.15, 0.2) is 85.1 Å². The molecule has 0 radical (unpaired) electrons. The molecule has 3 unspecified atom stereocenters. The fourth-order valence-corrected chi connectivity index (χ4v) is 9.09. The zero-order valence-corrected chi connectivity index (χ0v) is 49.7. The highest BCUT2D eigenvalue weighted by Crippen LogP contribution is 2.38. The van der Waals surface area contributed by atoms with Crippen LogP contribution in [0.3, 0.4) is 0 Å². The van der Waals surface area contributed by atoms with Crippen LogP contribution >= 0.6 is 7.82 Å². The lowest BCUT2D eigenvalue weighted by molar-refractivity contribution is -0.870. The second-order valence-corrected chi connectivity index (χ2v) is 22.9. The molecule has 0 aliphatic heterocycles. The standard InChI is InChI=1S/C64H115N2O7P/c1-7-10-13-16-19-22-25-27-29-30-31-32-33-34-35-36-37-38-41-44-47-50-53-56-63(67)65-61(60-72-74(69,70)71-59-58-66(4,5)6)62(55-52-49-46-43-40-24-21-18-15-12-9-3)73-64(68)57-54-51-48-45-42-39-28-26-23-20-17-14-11-8-2/h11,14,19-20,22-23,27,29,31-32,34-35,52,55,61-62H,7-10,12-13,15-18,21,24-26,28,30,33,36-51,53-54,56-60H2,1-6H3,(H-,65,67,69,70)/b14-11+,22-19-,23-20+,29-27-,32-31-,35-34-,55-52-. The maximum Gasteiger partial charge on any atom is 0.306 e. The van der Waals surface area contributed by atoms with Crippen LogP contribution in [0.4, 0.5) is 0 Å². The first-order valence-electron chi connectivity index (χ1n) is 30.4. The van der Waals surface area contributed by atoms with Gasteiger partial charge in [-0.05, 0) is 102 Å².